The minimum Gasteiger partial charge on any atom is -0.439 e. The fourth-order valence-corrected chi connectivity index (χ4v) is 3.75. The van der Waals surface area contributed by atoms with Crippen molar-refractivity contribution in [1.82, 2.24) is 34.9 Å². The molecule has 37 heavy (non-hydrogen) atoms. The summed E-state index contributed by atoms with van der Waals surface area (Å²) in [6, 6.07) is 13.5. The maximum Gasteiger partial charge on any atom is 0.224 e. The van der Waals surface area contributed by atoms with E-state index < -0.39 is 6.23 Å². The molecule has 2 aromatic carbocycles. The largest absolute Gasteiger partial charge is 0.439 e. The Hall–Kier alpha value is -4.45. The van der Waals surface area contributed by atoms with Gasteiger partial charge in [-0.25, -0.2) is 15.0 Å². The lowest BCUT2D eigenvalue weighted by molar-refractivity contribution is 0.0451. The number of hydrogen-bond acceptors (Lipinski definition) is 10. The molecule has 3 aromatic heterocycles. The molecule has 1 atom stereocenters. The van der Waals surface area contributed by atoms with Gasteiger partial charge in [0.25, 0.3) is 0 Å². The second-order valence-corrected chi connectivity index (χ2v) is 8.31. The molecule has 3 heterocycles. The smallest absolute Gasteiger partial charge is 0.224 e. The van der Waals surface area contributed by atoms with Gasteiger partial charge in [-0.3, -0.25) is 9.72 Å². The van der Waals surface area contributed by atoms with Gasteiger partial charge in [-0.2, -0.15) is 0 Å². The molecule has 1 unspecified atom stereocenters. The number of aromatic nitrogens is 6. The van der Waals surface area contributed by atoms with Crippen molar-refractivity contribution in [3.63, 3.8) is 0 Å². The maximum absolute atomic E-state index is 9.69. The summed E-state index contributed by atoms with van der Waals surface area (Å²) in [6.45, 7) is 2.71. The molecule has 0 radical (unpaired) electrons. The molecule has 0 fully saturated rings. The summed E-state index contributed by atoms with van der Waals surface area (Å²) in [5.74, 6) is 1.82. The predicted molar refractivity (Wildman–Crippen MR) is 140 cm³/mol. The molecule has 5 aromatic rings. The van der Waals surface area contributed by atoms with E-state index in [4.69, 9.17) is 9.47 Å². The Kier molecular flexibility index (Phi) is 7.26. The van der Waals surface area contributed by atoms with Crippen molar-refractivity contribution in [1.29, 1.82) is 0 Å². The molecule has 3 N–H and O–H groups in total. The van der Waals surface area contributed by atoms with Crippen LogP contribution in [0, 0.1) is 6.92 Å². The molecular formula is C26H26N8O3. The van der Waals surface area contributed by atoms with Crippen LogP contribution >= 0.6 is 0 Å². The van der Waals surface area contributed by atoms with Gasteiger partial charge in [0.05, 0.1) is 12.1 Å². The summed E-state index contributed by atoms with van der Waals surface area (Å²) in [5, 5.41) is 24.8. The van der Waals surface area contributed by atoms with Gasteiger partial charge < -0.3 is 19.9 Å². The molecule has 0 aliphatic heterocycles. The summed E-state index contributed by atoms with van der Waals surface area (Å²) in [6.07, 6.45) is 7.95. The Labute approximate surface area is 212 Å². The highest BCUT2D eigenvalue weighted by atomic mass is 16.5. The zero-order valence-electron chi connectivity index (χ0n) is 20.4. The number of rotatable bonds is 10. The van der Waals surface area contributed by atoms with E-state index in [1.54, 1.807) is 30.2 Å². The average molecular weight is 499 g/mol. The fraction of sp³-hybridized carbons (Fsp3) is 0.192. The van der Waals surface area contributed by atoms with Gasteiger partial charge in [0, 0.05) is 30.8 Å². The molecule has 0 spiro atoms. The quantitative estimate of drug-likeness (QED) is 0.246. The third kappa shape index (κ3) is 5.86. The minimum atomic E-state index is -0.704. The van der Waals surface area contributed by atoms with Crippen LogP contribution in [0.25, 0.3) is 22.6 Å². The third-order valence-electron chi connectivity index (χ3n) is 5.58. The first-order valence-corrected chi connectivity index (χ1v) is 11.6. The summed E-state index contributed by atoms with van der Waals surface area (Å²) in [4.78, 5) is 13.1. The first-order chi connectivity index (χ1) is 18.1. The highest BCUT2D eigenvalue weighted by Gasteiger charge is 2.09. The van der Waals surface area contributed by atoms with E-state index in [0.717, 1.165) is 27.7 Å². The number of fused-ring (bicyclic) bond motifs is 2. The Balaban J connectivity index is 1.31. The second-order valence-electron chi connectivity index (χ2n) is 8.31. The molecule has 5 rings (SSSR count). The number of nitrogens with one attached hydrogen (secondary N) is 2. The summed E-state index contributed by atoms with van der Waals surface area (Å²) >= 11 is 0. The van der Waals surface area contributed by atoms with Crippen LogP contribution in [0.15, 0.2) is 67.5 Å². The van der Waals surface area contributed by atoms with Gasteiger partial charge in [-0.15, -0.1) is 10.2 Å². The van der Waals surface area contributed by atoms with Crippen molar-refractivity contribution < 1.29 is 14.6 Å². The van der Waals surface area contributed by atoms with Crippen molar-refractivity contribution in [3.8, 4) is 11.6 Å². The van der Waals surface area contributed by atoms with Gasteiger partial charge in [-0.1, -0.05) is 18.2 Å². The molecule has 11 heteroatoms. The van der Waals surface area contributed by atoms with E-state index in [-0.39, 0.29) is 6.61 Å². The van der Waals surface area contributed by atoms with Crippen LogP contribution in [0.2, 0.25) is 0 Å². The highest BCUT2D eigenvalue weighted by Crippen LogP contribution is 2.29. The van der Waals surface area contributed by atoms with E-state index in [1.807, 2.05) is 55.5 Å². The van der Waals surface area contributed by atoms with E-state index in [9.17, 15) is 5.11 Å². The zero-order chi connectivity index (χ0) is 25.6. The summed E-state index contributed by atoms with van der Waals surface area (Å²) in [5.41, 5.74) is 4.27. The van der Waals surface area contributed by atoms with E-state index >= 15 is 0 Å². The van der Waals surface area contributed by atoms with Gasteiger partial charge in [0.2, 0.25) is 5.88 Å². The lowest BCUT2D eigenvalue weighted by Gasteiger charge is -2.12. The number of ether oxygens (including phenoxy) is 2. The first kappa shape index (κ1) is 24.3. The third-order valence-corrected chi connectivity index (χ3v) is 5.58. The number of benzene rings is 2. The van der Waals surface area contributed by atoms with Crippen molar-refractivity contribution in [2.75, 3.05) is 25.6 Å². The molecule has 0 aliphatic carbocycles. The summed E-state index contributed by atoms with van der Waals surface area (Å²) in [7, 11) is 1.55. The lowest BCUT2D eigenvalue weighted by atomic mass is 10.1. The molecule has 0 aliphatic rings. The van der Waals surface area contributed by atoms with Crippen LogP contribution < -0.4 is 15.4 Å². The standard InChI is InChI=1S/C26H26N8O3/c1-17-10-19(6-8-22(17)37-25-12-23-33-31-16-34(23)15-30-25)32-26-20-11-18(5-7-21(20)28-14-29-26)4-3-9-27-24(35)13-36-2/h3-8,10-12,14-16,24,27,35H,9,13H2,1-2H3,(H,28,29,32)/b4-3+. The topological polar surface area (TPSA) is 132 Å². The van der Waals surface area contributed by atoms with E-state index in [2.05, 4.69) is 35.8 Å². The Morgan fingerprint density at radius 1 is 1.08 bits per heavy atom. The van der Waals surface area contributed by atoms with Gasteiger partial charge in [-0.05, 0) is 48.4 Å². The zero-order valence-corrected chi connectivity index (χ0v) is 20.4. The molecule has 0 amide bonds. The Morgan fingerprint density at radius 3 is 2.86 bits per heavy atom. The van der Waals surface area contributed by atoms with Crippen LogP contribution in [-0.4, -0.2) is 61.1 Å². The number of hydrogen-bond donors (Lipinski definition) is 3. The monoisotopic (exact) mass is 498 g/mol. The Morgan fingerprint density at radius 2 is 2.00 bits per heavy atom. The minimum absolute atomic E-state index is 0.235. The summed E-state index contributed by atoms with van der Waals surface area (Å²) < 4.78 is 12.6. The van der Waals surface area contributed by atoms with Gasteiger partial charge in [0.1, 0.15) is 36.8 Å². The van der Waals surface area contributed by atoms with Gasteiger partial charge >= 0.3 is 0 Å². The Bertz CT molecular complexity index is 1550. The number of aliphatic hydroxyl groups excluding tert-OH is 1. The fourth-order valence-electron chi connectivity index (χ4n) is 3.75. The second kappa shape index (κ2) is 11.1. The first-order valence-electron chi connectivity index (χ1n) is 11.6. The molecule has 0 saturated carbocycles. The number of nitrogens with zero attached hydrogens (tertiary/aromatic N) is 6. The van der Waals surface area contributed by atoms with Crippen molar-refractivity contribution in [2.24, 2.45) is 0 Å². The number of aliphatic hydroxyl groups is 1. The van der Waals surface area contributed by atoms with Gasteiger partial charge in [0.15, 0.2) is 5.65 Å². The van der Waals surface area contributed by atoms with Crippen LogP contribution in [0.4, 0.5) is 11.5 Å². The van der Waals surface area contributed by atoms with E-state index in [0.29, 0.717) is 29.6 Å². The van der Waals surface area contributed by atoms with Crippen LogP contribution in [0.1, 0.15) is 11.1 Å². The maximum atomic E-state index is 9.69. The number of methoxy groups -OCH3 is 1. The normalized spacial score (nSPS) is 12.4. The lowest BCUT2D eigenvalue weighted by Crippen LogP contribution is -2.32. The highest BCUT2D eigenvalue weighted by molar-refractivity contribution is 5.92. The molecule has 0 saturated heterocycles. The van der Waals surface area contributed by atoms with Crippen molar-refractivity contribution in [2.45, 2.75) is 13.2 Å². The van der Waals surface area contributed by atoms with Crippen LogP contribution in [0.3, 0.4) is 0 Å². The van der Waals surface area contributed by atoms with Crippen molar-refractivity contribution in [3.05, 3.63) is 78.6 Å². The molecule has 11 nitrogen and oxygen atoms in total. The molecule has 0 bridgehead atoms. The number of aryl methyl sites for hydroxylation is 1. The average Bonchev–Trinajstić information content (AvgIpc) is 3.37. The van der Waals surface area contributed by atoms with E-state index in [1.165, 1.54) is 6.33 Å². The van der Waals surface area contributed by atoms with Crippen LogP contribution in [-0.2, 0) is 4.74 Å². The number of anilines is 2. The SMILES string of the molecule is COCC(O)NC/C=C/c1ccc2ncnc(Nc3ccc(Oc4cc5nncn5cn4)c(C)c3)c2c1. The van der Waals surface area contributed by atoms with Crippen molar-refractivity contribution >= 4 is 34.1 Å². The molecular weight excluding hydrogens is 472 g/mol. The van der Waals surface area contributed by atoms with Crippen LogP contribution in [0.5, 0.6) is 11.6 Å². The predicted octanol–water partition coefficient (Wildman–Crippen LogP) is 3.48. The molecule has 188 valence electrons.